The monoisotopic (exact) mass is 382 g/mol. The molecule has 5 nitrogen and oxygen atoms in total. The SMILES string of the molecule is NCc1cc(S(=O)(=O)NCCSC(F)(F)F)c(Br)o1. The van der Waals surface area contributed by atoms with E-state index in [0.717, 1.165) is 0 Å². The first kappa shape index (κ1) is 16.8. The zero-order chi connectivity index (χ0) is 14.7. The van der Waals surface area contributed by atoms with Crippen molar-refractivity contribution in [2.24, 2.45) is 5.73 Å². The van der Waals surface area contributed by atoms with Gasteiger partial charge in [0.2, 0.25) is 10.0 Å². The van der Waals surface area contributed by atoms with E-state index in [2.05, 4.69) is 15.9 Å². The van der Waals surface area contributed by atoms with Crippen molar-refractivity contribution in [3.8, 4) is 0 Å². The molecule has 19 heavy (non-hydrogen) atoms. The van der Waals surface area contributed by atoms with Gasteiger partial charge in [0.25, 0.3) is 0 Å². The highest BCUT2D eigenvalue weighted by Gasteiger charge is 2.28. The molecule has 1 aromatic rings. The van der Waals surface area contributed by atoms with Gasteiger partial charge in [-0.2, -0.15) is 13.2 Å². The third kappa shape index (κ3) is 5.34. The Bertz CT molecular complexity index is 530. The van der Waals surface area contributed by atoms with Gasteiger partial charge in [0, 0.05) is 18.4 Å². The average molecular weight is 383 g/mol. The minimum absolute atomic E-state index is 0.0119. The molecule has 0 unspecified atom stereocenters. The van der Waals surface area contributed by atoms with Crippen LogP contribution in [0.1, 0.15) is 5.76 Å². The summed E-state index contributed by atoms with van der Waals surface area (Å²) in [6.45, 7) is -0.333. The molecular weight excluding hydrogens is 373 g/mol. The number of thioether (sulfide) groups is 1. The maximum absolute atomic E-state index is 11.9. The molecule has 11 heteroatoms. The summed E-state index contributed by atoms with van der Waals surface area (Å²) in [5.41, 5.74) is 0.906. The zero-order valence-corrected chi connectivity index (χ0v) is 12.5. The highest BCUT2D eigenvalue weighted by molar-refractivity contribution is 9.10. The summed E-state index contributed by atoms with van der Waals surface area (Å²) in [5.74, 6) is -0.168. The van der Waals surface area contributed by atoms with Gasteiger partial charge in [0.1, 0.15) is 10.7 Å². The summed E-state index contributed by atoms with van der Waals surface area (Å²) in [7, 11) is -3.92. The summed E-state index contributed by atoms with van der Waals surface area (Å²) >= 11 is 2.61. The minimum atomic E-state index is -4.38. The van der Waals surface area contributed by atoms with Crippen LogP contribution in [0.3, 0.4) is 0 Å². The van der Waals surface area contributed by atoms with Crippen molar-refractivity contribution in [2.75, 3.05) is 12.3 Å². The number of furan rings is 1. The van der Waals surface area contributed by atoms with Gasteiger partial charge in [-0.05, 0) is 27.7 Å². The molecular formula is C8H10BrF3N2O3S2. The first-order chi connectivity index (χ1) is 8.65. The van der Waals surface area contributed by atoms with Gasteiger partial charge in [-0.3, -0.25) is 0 Å². The molecule has 0 atom stereocenters. The van der Waals surface area contributed by atoms with Crippen LogP contribution in [0.25, 0.3) is 0 Å². The van der Waals surface area contributed by atoms with Crippen LogP contribution in [0.5, 0.6) is 0 Å². The number of sulfonamides is 1. The van der Waals surface area contributed by atoms with E-state index in [-0.39, 0.29) is 40.2 Å². The number of hydrogen-bond donors (Lipinski definition) is 2. The lowest BCUT2D eigenvalue weighted by Crippen LogP contribution is -2.26. The number of nitrogens with two attached hydrogens (primary N) is 1. The predicted molar refractivity (Wildman–Crippen MR) is 68.0 cm³/mol. The van der Waals surface area contributed by atoms with Crippen molar-refractivity contribution in [3.63, 3.8) is 0 Å². The van der Waals surface area contributed by atoms with Crippen LogP contribution in [0.2, 0.25) is 0 Å². The molecule has 1 rings (SSSR count). The highest BCUT2D eigenvalue weighted by Crippen LogP contribution is 2.30. The summed E-state index contributed by atoms with van der Waals surface area (Å²) in [5, 5.41) is 0. The standard InChI is InChI=1S/C8H10BrF3N2O3S2/c9-7-6(3-5(4-13)17-7)19(15,16)14-1-2-18-8(10,11)12/h3,14H,1-2,4,13H2. The minimum Gasteiger partial charge on any atom is -0.452 e. The summed E-state index contributed by atoms with van der Waals surface area (Å²) in [6, 6.07) is 1.21. The van der Waals surface area contributed by atoms with Gasteiger partial charge in [-0.25, -0.2) is 13.1 Å². The van der Waals surface area contributed by atoms with Gasteiger partial charge >= 0.3 is 5.51 Å². The van der Waals surface area contributed by atoms with E-state index >= 15 is 0 Å². The third-order valence-corrected chi connectivity index (χ3v) is 4.91. The topological polar surface area (TPSA) is 85.3 Å². The van der Waals surface area contributed by atoms with Crippen LogP contribution in [-0.4, -0.2) is 26.2 Å². The normalized spacial score (nSPS) is 12.9. The first-order valence-electron chi connectivity index (χ1n) is 4.84. The van der Waals surface area contributed by atoms with Crippen LogP contribution >= 0.6 is 27.7 Å². The molecule has 1 heterocycles. The molecule has 0 aliphatic heterocycles. The Labute approximate surface area is 120 Å². The van der Waals surface area contributed by atoms with Crippen molar-refractivity contribution >= 4 is 37.7 Å². The molecule has 0 aromatic carbocycles. The Morgan fingerprint density at radius 1 is 1.47 bits per heavy atom. The molecule has 0 saturated carbocycles. The van der Waals surface area contributed by atoms with Crippen LogP contribution in [0.4, 0.5) is 13.2 Å². The zero-order valence-electron chi connectivity index (χ0n) is 9.33. The van der Waals surface area contributed by atoms with Crippen molar-refractivity contribution < 1.29 is 26.0 Å². The van der Waals surface area contributed by atoms with Crippen LogP contribution in [0, 0.1) is 0 Å². The van der Waals surface area contributed by atoms with Crippen LogP contribution in [-0.2, 0) is 16.6 Å². The summed E-state index contributed by atoms with van der Waals surface area (Å²) < 4.78 is 66.1. The fraction of sp³-hybridized carbons (Fsp3) is 0.500. The number of alkyl halides is 3. The van der Waals surface area contributed by atoms with Crippen molar-refractivity contribution in [1.82, 2.24) is 4.72 Å². The Morgan fingerprint density at radius 3 is 2.58 bits per heavy atom. The van der Waals surface area contributed by atoms with Crippen molar-refractivity contribution in [2.45, 2.75) is 16.9 Å². The largest absolute Gasteiger partial charge is 0.452 e. The van der Waals surface area contributed by atoms with Crippen molar-refractivity contribution in [1.29, 1.82) is 0 Å². The molecule has 0 amide bonds. The van der Waals surface area contributed by atoms with E-state index < -0.39 is 21.3 Å². The van der Waals surface area contributed by atoms with E-state index in [1.807, 2.05) is 4.72 Å². The second-order valence-electron chi connectivity index (χ2n) is 3.25. The van der Waals surface area contributed by atoms with Crippen LogP contribution < -0.4 is 10.5 Å². The first-order valence-corrected chi connectivity index (χ1v) is 8.10. The highest BCUT2D eigenvalue weighted by atomic mass is 79.9. The lowest BCUT2D eigenvalue weighted by Gasteiger charge is -2.06. The molecule has 0 bridgehead atoms. The maximum atomic E-state index is 11.9. The Kier molecular flexibility index (Phi) is 5.74. The van der Waals surface area contributed by atoms with E-state index in [0.29, 0.717) is 0 Å². The van der Waals surface area contributed by atoms with Gasteiger partial charge in [-0.15, -0.1) is 0 Å². The van der Waals surface area contributed by atoms with Crippen molar-refractivity contribution in [3.05, 3.63) is 16.5 Å². The third-order valence-electron chi connectivity index (χ3n) is 1.86. The van der Waals surface area contributed by atoms with Gasteiger partial charge < -0.3 is 10.2 Å². The molecule has 110 valence electrons. The lowest BCUT2D eigenvalue weighted by molar-refractivity contribution is -0.0327. The molecule has 0 spiro atoms. The Hall–Kier alpha value is -0.230. The molecule has 0 fully saturated rings. The van der Waals surface area contributed by atoms with E-state index in [1.165, 1.54) is 6.07 Å². The van der Waals surface area contributed by atoms with Gasteiger partial charge in [-0.1, -0.05) is 0 Å². The molecule has 0 saturated heterocycles. The van der Waals surface area contributed by atoms with Crippen LogP contribution in [0.15, 0.2) is 20.0 Å². The van der Waals surface area contributed by atoms with E-state index in [4.69, 9.17) is 10.2 Å². The van der Waals surface area contributed by atoms with Gasteiger partial charge in [0.05, 0.1) is 6.54 Å². The predicted octanol–water partition coefficient (Wildman–Crippen LogP) is 2.03. The summed E-state index contributed by atoms with van der Waals surface area (Å²) in [4.78, 5) is -0.190. The van der Waals surface area contributed by atoms with E-state index in [1.54, 1.807) is 0 Å². The smallest absolute Gasteiger partial charge is 0.441 e. The molecule has 0 aliphatic carbocycles. The maximum Gasteiger partial charge on any atom is 0.441 e. The van der Waals surface area contributed by atoms with E-state index in [9.17, 15) is 21.6 Å². The fourth-order valence-corrected chi connectivity index (χ4v) is 3.69. The molecule has 3 N–H and O–H groups in total. The fourth-order valence-electron chi connectivity index (χ4n) is 1.10. The summed E-state index contributed by atoms with van der Waals surface area (Å²) in [6.07, 6.45) is 0. The average Bonchev–Trinajstić information content (AvgIpc) is 2.66. The Balaban J connectivity index is 2.63. The number of hydrogen-bond acceptors (Lipinski definition) is 5. The Morgan fingerprint density at radius 2 is 2.11 bits per heavy atom. The second kappa shape index (κ2) is 6.48. The second-order valence-corrected chi connectivity index (χ2v) is 6.86. The number of halogens is 4. The number of nitrogens with one attached hydrogen (secondary N) is 1. The number of rotatable bonds is 6. The van der Waals surface area contributed by atoms with Gasteiger partial charge in [0.15, 0.2) is 4.67 Å². The molecule has 0 aliphatic rings. The molecule has 0 radical (unpaired) electrons. The quantitative estimate of drug-likeness (QED) is 0.735. The molecule has 1 aromatic heterocycles. The lowest BCUT2D eigenvalue weighted by atomic mass is 10.5.